The summed E-state index contributed by atoms with van der Waals surface area (Å²) >= 11 is 5.99. The third-order valence-corrected chi connectivity index (χ3v) is 10.4. The van der Waals surface area contributed by atoms with Gasteiger partial charge in [-0.1, -0.05) is 43.0 Å². The molecule has 1 aliphatic carbocycles. The minimum Gasteiger partial charge on any atom is -0.448 e. The number of nitrogens with zero attached hydrogens (tertiary/aromatic N) is 3. The number of carbonyl (C=O) groups excluding carboxylic acids is 1. The van der Waals surface area contributed by atoms with E-state index >= 15 is 0 Å². The van der Waals surface area contributed by atoms with Gasteiger partial charge in [0.15, 0.2) is 0 Å². The number of hydrogen-bond donors (Lipinski definition) is 0. The predicted molar refractivity (Wildman–Crippen MR) is 144 cm³/mol. The van der Waals surface area contributed by atoms with Crippen molar-refractivity contribution in [2.75, 3.05) is 32.8 Å². The number of sulfonamides is 1. The standard InChI is InChI=1S/C28H35ClFN3O4S/c29-22-9-12-26(13-10-22)38(35,36)33-25(11-14-27(33)21-5-4-6-23(30)19-21)20-37-28(34)32-17-15-31(16-18-32)24-7-2-1-3-8-24/h4-6,9-10,12-13,19,24-25,27H,1-3,7-8,11,14-18,20H2/t25-,27+/m1/s1. The lowest BCUT2D eigenvalue weighted by atomic mass is 9.94. The molecule has 2 atom stereocenters. The number of ether oxygens (including phenoxy) is 1. The lowest BCUT2D eigenvalue weighted by Gasteiger charge is -2.40. The van der Waals surface area contributed by atoms with E-state index in [0.717, 1.165) is 13.1 Å². The quantitative estimate of drug-likeness (QED) is 0.467. The van der Waals surface area contributed by atoms with Crippen molar-refractivity contribution >= 4 is 27.7 Å². The lowest BCUT2D eigenvalue weighted by Crippen LogP contribution is -2.52. The lowest BCUT2D eigenvalue weighted by molar-refractivity contribution is 0.0486. The molecule has 10 heteroatoms. The van der Waals surface area contributed by atoms with Crippen molar-refractivity contribution in [3.05, 3.63) is 64.9 Å². The van der Waals surface area contributed by atoms with Crippen LogP contribution in [0.4, 0.5) is 9.18 Å². The number of rotatable bonds is 6. The Balaban J connectivity index is 1.27. The Bertz CT molecular complexity index is 1210. The fourth-order valence-corrected chi connectivity index (χ4v) is 8.08. The molecule has 0 aromatic heterocycles. The van der Waals surface area contributed by atoms with Crippen LogP contribution in [-0.4, -0.2) is 73.5 Å². The van der Waals surface area contributed by atoms with E-state index in [1.165, 1.54) is 72.8 Å². The molecule has 2 aromatic rings. The first-order valence-electron chi connectivity index (χ1n) is 13.5. The molecule has 206 valence electrons. The van der Waals surface area contributed by atoms with E-state index in [2.05, 4.69) is 4.90 Å². The number of carbonyl (C=O) groups is 1. The summed E-state index contributed by atoms with van der Waals surface area (Å²) in [6.45, 7) is 2.83. The van der Waals surface area contributed by atoms with Gasteiger partial charge in [0.1, 0.15) is 12.4 Å². The van der Waals surface area contributed by atoms with E-state index in [9.17, 15) is 17.6 Å². The van der Waals surface area contributed by atoms with Crippen LogP contribution in [0.5, 0.6) is 0 Å². The zero-order valence-electron chi connectivity index (χ0n) is 21.5. The zero-order valence-corrected chi connectivity index (χ0v) is 23.0. The molecular formula is C28H35ClFN3O4S. The third-order valence-electron chi connectivity index (χ3n) is 8.13. The molecule has 3 aliphatic rings. The molecule has 0 N–H and O–H groups in total. The van der Waals surface area contributed by atoms with Gasteiger partial charge in [-0.05, 0) is 67.6 Å². The Morgan fingerprint density at radius 2 is 1.66 bits per heavy atom. The summed E-state index contributed by atoms with van der Waals surface area (Å²) in [5, 5.41) is 0.432. The number of amides is 1. The number of hydrogen-bond acceptors (Lipinski definition) is 5. The van der Waals surface area contributed by atoms with E-state index in [1.807, 2.05) is 0 Å². The van der Waals surface area contributed by atoms with Gasteiger partial charge < -0.3 is 9.64 Å². The summed E-state index contributed by atoms with van der Waals surface area (Å²) in [4.78, 5) is 17.3. The van der Waals surface area contributed by atoms with Crippen LogP contribution >= 0.6 is 11.6 Å². The van der Waals surface area contributed by atoms with Crippen molar-refractivity contribution < 1.29 is 22.3 Å². The van der Waals surface area contributed by atoms with Crippen LogP contribution in [0.1, 0.15) is 56.6 Å². The molecule has 2 aromatic carbocycles. The second-order valence-electron chi connectivity index (χ2n) is 10.5. The van der Waals surface area contributed by atoms with Gasteiger partial charge in [-0.2, -0.15) is 4.31 Å². The summed E-state index contributed by atoms with van der Waals surface area (Å²) in [5.41, 5.74) is 0.579. The first-order valence-corrected chi connectivity index (χ1v) is 15.3. The van der Waals surface area contributed by atoms with E-state index in [0.29, 0.717) is 42.6 Å². The Morgan fingerprint density at radius 3 is 2.34 bits per heavy atom. The van der Waals surface area contributed by atoms with Crippen molar-refractivity contribution in [1.29, 1.82) is 0 Å². The average Bonchev–Trinajstić information content (AvgIpc) is 3.38. The van der Waals surface area contributed by atoms with Gasteiger partial charge in [0.2, 0.25) is 10.0 Å². The van der Waals surface area contributed by atoms with Crippen LogP contribution in [-0.2, 0) is 14.8 Å². The Labute approximate surface area is 229 Å². The fourth-order valence-electron chi connectivity index (χ4n) is 6.11. The van der Waals surface area contributed by atoms with Crippen LogP contribution in [0.25, 0.3) is 0 Å². The van der Waals surface area contributed by atoms with Crippen LogP contribution in [0.3, 0.4) is 0 Å². The molecule has 3 fully saturated rings. The van der Waals surface area contributed by atoms with Gasteiger partial charge >= 0.3 is 6.09 Å². The second-order valence-corrected chi connectivity index (χ2v) is 12.8. The van der Waals surface area contributed by atoms with Crippen LogP contribution in [0.2, 0.25) is 5.02 Å². The van der Waals surface area contributed by atoms with E-state index in [4.69, 9.17) is 16.3 Å². The second kappa shape index (κ2) is 11.9. The Kier molecular flexibility index (Phi) is 8.57. The summed E-state index contributed by atoms with van der Waals surface area (Å²) in [5.74, 6) is -0.423. The van der Waals surface area contributed by atoms with Crippen molar-refractivity contribution in [1.82, 2.24) is 14.1 Å². The summed E-state index contributed by atoms with van der Waals surface area (Å²) in [6.07, 6.45) is 6.92. The van der Waals surface area contributed by atoms with E-state index in [1.54, 1.807) is 17.0 Å². The number of piperazine rings is 1. The smallest absolute Gasteiger partial charge is 0.409 e. The topological polar surface area (TPSA) is 70.2 Å². The van der Waals surface area contributed by atoms with Crippen molar-refractivity contribution in [2.45, 2.75) is 68.0 Å². The number of halogens is 2. The monoisotopic (exact) mass is 563 g/mol. The third kappa shape index (κ3) is 6.01. The first kappa shape index (κ1) is 27.4. The summed E-state index contributed by atoms with van der Waals surface area (Å²) in [7, 11) is -3.97. The molecule has 38 heavy (non-hydrogen) atoms. The molecule has 1 amide bonds. The van der Waals surface area contributed by atoms with Crippen LogP contribution in [0, 0.1) is 5.82 Å². The van der Waals surface area contributed by atoms with Crippen LogP contribution in [0.15, 0.2) is 53.4 Å². The predicted octanol–water partition coefficient (Wildman–Crippen LogP) is 5.46. The van der Waals surface area contributed by atoms with Crippen molar-refractivity contribution in [3.63, 3.8) is 0 Å². The molecule has 0 unspecified atom stereocenters. The minimum atomic E-state index is -3.97. The minimum absolute atomic E-state index is 0.0552. The Hall–Kier alpha value is -2.20. The van der Waals surface area contributed by atoms with Gasteiger partial charge in [0.25, 0.3) is 0 Å². The SMILES string of the molecule is O=C(OC[C@H]1CC[C@@H](c2cccc(F)c2)N1S(=O)(=O)c1ccc(Cl)cc1)N1CCN(C2CCCCC2)CC1. The van der Waals surface area contributed by atoms with Gasteiger partial charge in [0, 0.05) is 37.2 Å². The highest BCUT2D eigenvalue weighted by Gasteiger charge is 2.44. The highest BCUT2D eigenvalue weighted by atomic mass is 35.5. The normalized spacial score (nSPS) is 24.0. The van der Waals surface area contributed by atoms with Crippen molar-refractivity contribution in [2.24, 2.45) is 0 Å². The molecule has 7 nitrogen and oxygen atoms in total. The molecule has 2 aliphatic heterocycles. The summed E-state index contributed by atoms with van der Waals surface area (Å²) in [6, 6.07) is 11.5. The van der Waals surface area contributed by atoms with Gasteiger partial charge in [0.05, 0.1) is 17.0 Å². The molecule has 0 radical (unpaired) electrons. The van der Waals surface area contributed by atoms with Crippen molar-refractivity contribution in [3.8, 4) is 0 Å². The maximum atomic E-state index is 14.1. The molecule has 0 bridgehead atoms. The number of benzene rings is 2. The molecule has 5 rings (SSSR count). The van der Waals surface area contributed by atoms with Gasteiger partial charge in [-0.15, -0.1) is 0 Å². The fraction of sp³-hybridized carbons (Fsp3) is 0.536. The first-order chi connectivity index (χ1) is 18.3. The largest absolute Gasteiger partial charge is 0.448 e. The maximum absolute atomic E-state index is 14.1. The Morgan fingerprint density at radius 1 is 0.947 bits per heavy atom. The van der Waals surface area contributed by atoms with Gasteiger partial charge in [-0.3, -0.25) is 4.90 Å². The maximum Gasteiger partial charge on any atom is 0.409 e. The molecule has 1 saturated carbocycles. The molecule has 2 heterocycles. The van der Waals surface area contributed by atoms with E-state index < -0.39 is 34.0 Å². The highest BCUT2D eigenvalue weighted by Crippen LogP contribution is 2.41. The van der Waals surface area contributed by atoms with Crippen LogP contribution < -0.4 is 0 Å². The molecule has 0 spiro atoms. The zero-order chi connectivity index (χ0) is 26.7. The molecule has 2 saturated heterocycles. The van der Waals surface area contributed by atoms with Gasteiger partial charge in [-0.25, -0.2) is 17.6 Å². The van der Waals surface area contributed by atoms with E-state index in [-0.39, 0.29) is 11.5 Å². The summed E-state index contributed by atoms with van der Waals surface area (Å²) < 4.78 is 48.7. The molecular weight excluding hydrogens is 529 g/mol. The highest BCUT2D eigenvalue weighted by molar-refractivity contribution is 7.89. The average molecular weight is 564 g/mol.